The van der Waals surface area contributed by atoms with Gasteiger partial charge < -0.3 is 9.64 Å². The predicted octanol–water partition coefficient (Wildman–Crippen LogP) is 2.54. The van der Waals surface area contributed by atoms with Crippen LogP contribution in [0.2, 0.25) is 10.0 Å². The van der Waals surface area contributed by atoms with Crippen molar-refractivity contribution < 1.29 is 14.8 Å². The lowest BCUT2D eigenvalue weighted by Gasteiger charge is -2.36. The Morgan fingerprint density at radius 1 is 1.18 bits per heavy atom. The molecule has 1 fully saturated rings. The second kappa shape index (κ2) is 7.20. The third-order valence-electron chi connectivity index (χ3n) is 4.37. The number of allylic oxidation sites excluding steroid dienone is 1. The number of hydrogen-bond donors (Lipinski definition) is 2. The van der Waals surface area contributed by atoms with Crippen LogP contribution >= 0.6 is 23.2 Å². The van der Waals surface area contributed by atoms with Gasteiger partial charge >= 0.3 is 0 Å². The maximum Gasteiger partial charge on any atom is 0.130 e. The molecule has 0 unspecified atom stereocenters. The van der Waals surface area contributed by atoms with Gasteiger partial charge in [0.25, 0.3) is 0 Å². The van der Waals surface area contributed by atoms with Gasteiger partial charge in [-0.1, -0.05) is 29.3 Å². The number of hydrogen-bond acceptors (Lipinski definition) is 3. The molecule has 0 bridgehead atoms. The summed E-state index contributed by atoms with van der Waals surface area (Å²) >= 11 is 12.5. The van der Waals surface area contributed by atoms with Crippen LogP contribution in [0, 0.1) is 0 Å². The minimum Gasteiger partial charge on any atom is -0.370 e. The van der Waals surface area contributed by atoms with E-state index in [0.29, 0.717) is 15.7 Å². The molecule has 2 aliphatic rings. The topological polar surface area (TPSA) is 37.1 Å². The Labute approximate surface area is 140 Å². The molecule has 1 aliphatic heterocycles. The molecular formula is C16H21Cl2N2O2+. The highest BCUT2D eigenvalue weighted by molar-refractivity contribution is 6.39. The second-order valence-corrected chi connectivity index (χ2v) is 6.55. The van der Waals surface area contributed by atoms with Gasteiger partial charge in [0.05, 0.1) is 23.3 Å². The molecule has 1 aromatic rings. The average Bonchev–Trinajstić information content (AvgIpc) is 2.55. The van der Waals surface area contributed by atoms with Crippen molar-refractivity contribution in [1.29, 1.82) is 0 Å². The van der Waals surface area contributed by atoms with Crippen LogP contribution in [0.15, 0.2) is 30.0 Å². The van der Waals surface area contributed by atoms with Gasteiger partial charge in [-0.05, 0) is 37.5 Å². The molecule has 0 amide bonds. The van der Waals surface area contributed by atoms with Crippen LogP contribution in [-0.2, 0) is 4.74 Å². The summed E-state index contributed by atoms with van der Waals surface area (Å²) < 4.78 is 5.44. The minimum atomic E-state index is -0.0840. The summed E-state index contributed by atoms with van der Waals surface area (Å²) in [6.45, 7) is 3.40. The number of hydroxylamine groups is 1. The lowest BCUT2D eigenvalue weighted by Crippen LogP contribution is -3.13. The zero-order chi connectivity index (χ0) is 15.5. The molecule has 2 N–H and O–H groups in total. The molecule has 120 valence electrons. The zero-order valence-electron chi connectivity index (χ0n) is 12.4. The van der Waals surface area contributed by atoms with Crippen LogP contribution in [0.1, 0.15) is 19.3 Å². The molecule has 0 aromatic heterocycles. The van der Waals surface area contributed by atoms with E-state index in [1.165, 1.54) is 15.7 Å². The van der Waals surface area contributed by atoms with E-state index in [4.69, 9.17) is 27.9 Å². The van der Waals surface area contributed by atoms with Crippen LogP contribution in [-0.4, -0.2) is 37.6 Å². The number of benzene rings is 1. The maximum atomic E-state index is 10.8. The molecule has 22 heavy (non-hydrogen) atoms. The van der Waals surface area contributed by atoms with Crippen molar-refractivity contribution in [3.8, 4) is 0 Å². The Bertz CT molecular complexity index is 539. The van der Waals surface area contributed by atoms with E-state index in [0.717, 1.165) is 45.6 Å². The number of rotatable bonds is 3. The fourth-order valence-corrected chi connectivity index (χ4v) is 3.84. The third-order valence-corrected chi connectivity index (χ3v) is 4.98. The van der Waals surface area contributed by atoms with E-state index in [1.54, 1.807) is 18.2 Å². The van der Waals surface area contributed by atoms with Crippen LogP contribution in [0.3, 0.4) is 0 Å². The molecular weight excluding hydrogens is 323 g/mol. The summed E-state index contributed by atoms with van der Waals surface area (Å²) in [6, 6.07) is 5.20. The van der Waals surface area contributed by atoms with Gasteiger partial charge in [-0.3, -0.25) is 5.21 Å². The molecule has 1 heterocycles. The molecule has 4 nitrogen and oxygen atoms in total. The number of nitrogens with one attached hydrogen (secondary N) is 1. The number of morpholine rings is 1. The highest BCUT2D eigenvalue weighted by Crippen LogP contribution is 2.36. The average molecular weight is 344 g/mol. The highest BCUT2D eigenvalue weighted by atomic mass is 35.5. The fraction of sp³-hybridized carbons (Fsp3) is 0.500. The monoisotopic (exact) mass is 343 g/mol. The van der Waals surface area contributed by atoms with E-state index in [9.17, 15) is 5.21 Å². The van der Waals surface area contributed by atoms with Gasteiger partial charge in [0.2, 0.25) is 0 Å². The summed E-state index contributed by atoms with van der Waals surface area (Å²) in [5.74, 6) is 0. The van der Waals surface area contributed by atoms with E-state index in [-0.39, 0.29) is 6.04 Å². The number of anilines is 1. The molecule has 1 aliphatic carbocycles. The second-order valence-electron chi connectivity index (χ2n) is 5.74. The molecule has 6 heteroatoms. The standard InChI is InChI=1S/C16H20Cl2N2O2/c17-12-4-3-5-13(18)16(12)20(21)15-7-2-1-6-14(15)19-8-10-22-11-9-19/h3-6,15,21H,1-2,7-11H2/p+1/t15-/m1/s1. The van der Waals surface area contributed by atoms with Crippen molar-refractivity contribution in [1.82, 2.24) is 0 Å². The first-order valence-corrected chi connectivity index (χ1v) is 8.49. The number of ether oxygens (including phenoxy) is 1. The number of nitrogens with zero attached hydrogens (tertiary/aromatic N) is 1. The molecule has 1 saturated heterocycles. The van der Waals surface area contributed by atoms with Crippen LogP contribution in [0.4, 0.5) is 5.69 Å². The third kappa shape index (κ3) is 3.26. The van der Waals surface area contributed by atoms with E-state index in [2.05, 4.69) is 6.08 Å². The summed E-state index contributed by atoms with van der Waals surface area (Å²) in [7, 11) is 0. The Kier molecular flexibility index (Phi) is 5.26. The van der Waals surface area contributed by atoms with Gasteiger partial charge in [0.1, 0.15) is 30.5 Å². The molecule has 1 atom stereocenters. The first kappa shape index (κ1) is 16.1. The smallest absolute Gasteiger partial charge is 0.130 e. The zero-order valence-corrected chi connectivity index (χ0v) is 13.9. The SMILES string of the molecule is ON(c1c(Cl)cccc1Cl)[C@@H]1CCCC=C1[NH+]1CCOCC1. The van der Waals surface area contributed by atoms with Crippen LogP contribution in [0.5, 0.6) is 0 Å². The summed E-state index contributed by atoms with van der Waals surface area (Å²) in [6.07, 6.45) is 5.26. The number of quaternary nitrogens is 1. The van der Waals surface area contributed by atoms with Crippen molar-refractivity contribution in [2.24, 2.45) is 0 Å². The fourth-order valence-electron chi connectivity index (χ4n) is 3.26. The highest BCUT2D eigenvalue weighted by Gasteiger charge is 2.34. The number of para-hydroxylation sites is 1. The Morgan fingerprint density at radius 3 is 2.55 bits per heavy atom. The summed E-state index contributed by atoms with van der Waals surface area (Å²) in [5, 5.41) is 13.0. The summed E-state index contributed by atoms with van der Waals surface area (Å²) in [5.41, 5.74) is 1.73. The van der Waals surface area contributed by atoms with Gasteiger partial charge in [0.15, 0.2) is 0 Å². The lowest BCUT2D eigenvalue weighted by atomic mass is 9.97. The molecule has 3 rings (SSSR count). The largest absolute Gasteiger partial charge is 0.370 e. The van der Waals surface area contributed by atoms with E-state index in [1.807, 2.05) is 0 Å². The molecule has 0 radical (unpaired) electrons. The normalized spacial score (nSPS) is 23.2. The van der Waals surface area contributed by atoms with Crippen molar-refractivity contribution in [2.45, 2.75) is 25.3 Å². The molecule has 0 spiro atoms. The van der Waals surface area contributed by atoms with Gasteiger partial charge in [-0.25, -0.2) is 5.06 Å². The van der Waals surface area contributed by atoms with Gasteiger partial charge in [-0.2, -0.15) is 0 Å². The van der Waals surface area contributed by atoms with Crippen LogP contribution < -0.4 is 9.96 Å². The van der Waals surface area contributed by atoms with Crippen molar-refractivity contribution in [2.75, 3.05) is 31.4 Å². The van der Waals surface area contributed by atoms with Crippen molar-refractivity contribution in [3.05, 3.63) is 40.0 Å². The Morgan fingerprint density at radius 2 is 1.86 bits per heavy atom. The summed E-state index contributed by atoms with van der Waals surface area (Å²) in [4.78, 5) is 1.39. The minimum absolute atomic E-state index is 0.0840. The van der Waals surface area contributed by atoms with Gasteiger partial charge in [-0.15, -0.1) is 0 Å². The lowest BCUT2D eigenvalue weighted by molar-refractivity contribution is -0.872. The van der Waals surface area contributed by atoms with Crippen molar-refractivity contribution in [3.63, 3.8) is 0 Å². The molecule has 1 aromatic carbocycles. The van der Waals surface area contributed by atoms with E-state index >= 15 is 0 Å². The van der Waals surface area contributed by atoms with Crippen LogP contribution in [0.25, 0.3) is 0 Å². The maximum absolute atomic E-state index is 10.8. The Balaban J connectivity index is 1.87. The van der Waals surface area contributed by atoms with E-state index < -0.39 is 0 Å². The van der Waals surface area contributed by atoms with Gasteiger partial charge in [0, 0.05) is 0 Å². The quantitative estimate of drug-likeness (QED) is 0.828. The first-order chi connectivity index (χ1) is 10.7. The Hall–Kier alpha value is -0.780. The number of halogens is 2. The first-order valence-electron chi connectivity index (χ1n) is 7.73. The molecule has 0 saturated carbocycles. The van der Waals surface area contributed by atoms with Crippen molar-refractivity contribution >= 4 is 28.9 Å². The predicted molar refractivity (Wildman–Crippen MR) is 88.0 cm³/mol.